The molecule has 2 aromatic carbocycles. The second kappa shape index (κ2) is 5.63. The van der Waals surface area contributed by atoms with Gasteiger partial charge in [-0.15, -0.1) is 0 Å². The van der Waals surface area contributed by atoms with Gasteiger partial charge in [0.25, 0.3) is 0 Å². The lowest BCUT2D eigenvalue weighted by Gasteiger charge is -2.09. The fourth-order valence-electron chi connectivity index (χ4n) is 2.04. The fourth-order valence-corrected chi connectivity index (χ4v) is 2.04. The Morgan fingerprint density at radius 2 is 1.76 bits per heavy atom. The minimum atomic E-state index is -0.466. The number of nitrogens with zero attached hydrogens (tertiary/aromatic N) is 1. The molecule has 0 fully saturated rings. The van der Waals surface area contributed by atoms with E-state index in [2.05, 4.69) is 4.98 Å². The second-order valence-corrected chi connectivity index (χ2v) is 4.43. The Labute approximate surface area is 122 Å². The van der Waals surface area contributed by atoms with E-state index in [1.54, 1.807) is 6.07 Å². The largest absolute Gasteiger partial charge is 0.464 e. The second-order valence-electron chi connectivity index (χ2n) is 4.43. The van der Waals surface area contributed by atoms with Gasteiger partial charge in [0.1, 0.15) is 17.0 Å². The summed E-state index contributed by atoms with van der Waals surface area (Å²) in [5, 5.41) is 0.899. The van der Waals surface area contributed by atoms with E-state index >= 15 is 0 Å². The smallest absolute Gasteiger partial charge is 0.356 e. The number of rotatable bonds is 3. The Hall–Kier alpha value is -2.88. The molecule has 3 rings (SSSR count). The minimum Gasteiger partial charge on any atom is -0.464 e. The molecular weight excluding hydrogens is 266 g/mol. The topological polar surface area (TPSA) is 48.4 Å². The lowest BCUT2D eigenvalue weighted by Crippen LogP contribution is -2.04. The zero-order valence-corrected chi connectivity index (χ0v) is 11.4. The number of ether oxygens (including phenoxy) is 2. The van der Waals surface area contributed by atoms with Crippen LogP contribution in [-0.2, 0) is 4.74 Å². The Morgan fingerprint density at radius 3 is 2.52 bits per heavy atom. The van der Waals surface area contributed by atoms with Gasteiger partial charge in [0.05, 0.1) is 7.11 Å². The maximum absolute atomic E-state index is 11.6. The number of methoxy groups -OCH3 is 1. The lowest BCUT2D eigenvalue weighted by atomic mass is 10.2. The van der Waals surface area contributed by atoms with E-state index < -0.39 is 5.97 Å². The normalized spacial score (nSPS) is 10.3. The summed E-state index contributed by atoms with van der Waals surface area (Å²) in [7, 11) is 1.33. The van der Waals surface area contributed by atoms with Crippen LogP contribution in [0.2, 0.25) is 0 Å². The summed E-state index contributed by atoms with van der Waals surface area (Å²) in [6.45, 7) is 0. The van der Waals surface area contributed by atoms with Gasteiger partial charge in [-0.3, -0.25) is 0 Å². The highest BCUT2D eigenvalue weighted by Crippen LogP contribution is 2.28. The molecule has 0 radical (unpaired) electrons. The average Bonchev–Trinajstić information content (AvgIpc) is 2.55. The van der Waals surface area contributed by atoms with E-state index in [0.29, 0.717) is 11.3 Å². The van der Waals surface area contributed by atoms with Gasteiger partial charge in [0.2, 0.25) is 0 Å². The Morgan fingerprint density at radius 1 is 0.952 bits per heavy atom. The highest BCUT2D eigenvalue weighted by Gasteiger charge is 2.11. The van der Waals surface area contributed by atoms with Gasteiger partial charge in [-0.2, -0.15) is 0 Å². The first-order chi connectivity index (χ1) is 10.3. The van der Waals surface area contributed by atoms with Crippen molar-refractivity contribution in [2.45, 2.75) is 0 Å². The molecule has 0 aliphatic heterocycles. The number of carbonyl (C=O) groups is 1. The van der Waals surface area contributed by atoms with Crippen molar-refractivity contribution in [3.63, 3.8) is 0 Å². The van der Waals surface area contributed by atoms with E-state index in [4.69, 9.17) is 9.47 Å². The van der Waals surface area contributed by atoms with Crippen LogP contribution in [0.25, 0.3) is 10.9 Å². The van der Waals surface area contributed by atoms with Crippen LogP contribution in [0, 0.1) is 0 Å². The first kappa shape index (κ1) is 13.1. The Kier molecular flexibility index (Phi) is 3.51. The van der Waals surface area contributed by atoms with Gasteiger partial charge >= 0.3 is 5.97 Å². The lowest BCUT2D eigenvalue weighted by molar-refractivity contribution is 0.0594. The molecular formula is C17H13NO3. The molecule has 0 saturated carbocycles. The van der Waals surface area contributed by atoms with Crippen molar-refractivity contribution >= 4 is 16.9 Å². The van der Waals surface area contributed by atoms with E-state index in [9.17, 15) is 4.79 Å². The van der Waals surface area contributed by atoms with Crippen molar-refractivity contribution in [3.05, 3.63) is 66.4 Å². The predicted molar refractivity (Wildman–Crippen MR) is 79.6 cm³/mol. The number of pyridine rings is 1. The number of fused-ring (bicyclic) bond motifs is 1. The summed E-state index contributed by atoms with van der Waals surface area (Å²) >= 11 is 0. The molecule has 4 nitrogen and oxygen atoms in total. The fraction of sp³-hybridized carbons (Fsp3) is 0.0588. The first-order valence-corrected chi connectivity index (χ1v) is 6.49. The number of aromatic nitrogens is 1. The molecule has 1 heterocycles. The number of hydrogen-bond acceptors (Lipinski definition) is 4. The molecule has 0 unspecified atom stereocenters. The summed E-state index contributed by atoms with van der Waals surface area (Å²) in [4.78, 5) is 15.9. The molecule has 4 heteroatoms. The van der Waals surface area contributed by atoms with Crippen LogP contribution in [0.5, 0.6) is 11.5 Å². The average molecular weight is 279 g/mol. The summed E-state index contributed by atoms with van der Waals surface area (Å²) in [5.74, 6) is 0.853. The van der Waals surface area contributed by atoms with Crippen LogP contribution in [0.3, 0.4) is 0 Å². The van der Waals surface area contributed by atoms with Crippen molar-refractivity contribution < 1.29 is 14.3 Å². The van der Waals surface area contributed by atoms with Gasteiger partial charge in [-0.1, -0.05) is 36.4 Å². The molecule has 1 aromatic heterocycles. The van der Waals surface area contributed by atoms with Crippen LogP contribution in [0.15, 0.2) is 60.7 Å². The standard InChI is InChI=1S/C17H13NO3/c1-20-17(19)14-11-10-12-6-5-9-15(16(12)18-14)21-13-7-3-2-4-8-13/h2-11H,1H3. The molecule has 21 heavy (non-hydrogen) atoms. The predicted octanol–water partition coefficient (Wildman–Crippen LogP) is 3.81. The van der Waals surface area contributed by atoms with Gasteiger partial charge in [-0.05, 0) is 24.3 Å². The monoisotopic (exact) mass is 279 g/mol. The SMILES string of the molecule is COC(=O)c1ccc2cccc(Oc3ccccc3)c2n1. The van der Waals surface area contributed by atoms with Crippen molar-refractivity contribution in [3.8, 4) is 11.5 Å². The zero-order chi connectivity index (χ0) is 14.7. The maximum Gasteiger partial charge on any atom is 0.356 e. The van der Waals surface area contributed by atoms with E-state index in [0.717, 1.165) is 11.1 Å². The molecule has 0 aliphatic rings. The Balaban J connectivity index is 2.07. The Bertz CT molecular complexity index is 784. The van der Waals surface area contributed by atoms with Gasteiger partial charge < -0.3 is 9.47 Å². The highest BCUT2D eigenvalue weighted by atomic mass is 16.5. The van der Waals surface area contributed by atoms with Gasteiger partial charge in [0.15, 0.2) is 5.75 Å². The van der Waals surface area contributed by atoms with E-state index in [1.165, 1.54) is 7.11 Å². The van der Waals surface area contributed by atoms with Crippen molar-refractivity contribution in [1.82, 2.24) is 4.98 Å². The third kappa shape index (κ3) is 2.69. The summed E-state index contributed by atoms with van der Waals surface area (Å²) in [6.07, 6.45) is 0. The molecule has 3 aromatic rings. The zero-order valence-electron chi connectivity index (χ0n) is 11.4. The molecule has 104 valence electrons. The molecule has 0 amide bonds. The third-order valence-electron chi connectivity index (χ3n) is 3.05. The summed E-state index contributed by atoms with van der Waals surface area (Å²) < 4.78 is 10.5. The number of carbonyl (C=O) groups excluding carboxylic acids is 1. The van der Waals surface area contributed by atoms with Gasteiger partial charge in [0, 0.05) is 5.39 Å². The van der Waals surface area contributed by atoms with Crippen LogP contribution >= 0.6 is 0 Å². The highest BCUT2D eigenvalue weighted by molar-refractivity contribution is 5.92. The maximum atomic E-state index is 11.6. The molecule has 0 spiro atoms. The molecule has 0 bridgehead atoms. The molecule has 0 N–H and O–H groups in total. The third-order valence-corrected chi connectivity index (χ3v) is 3.05. The van der Waals surface area contributed by atoms with Crippen molar-refractivity contribution in [1.29, 1.82) is 0 Å². The van der Waals surface area contributed by atoms with Crippen LogP contribution in [0.1, 0.15) is 10.5 Å². The summed E-state index contributed by atoms with van der Waals surface area (Å²) in [5.41, 5.74) is 0.887. The molecule has 0 saturated heterocycles. The number of hydrogen-bond donors (Lipinski definition) is 0. The van der Waals surface area contributed by atoms with Crippen LogP contribution in [-0.4, -0.2) is 18.1 Å². The minimum absolute atomic E-state index is 0.258. The molecule has 0 atom stereocenters. The van der Waals surface area contributed by atoms with Crippen LogP contribution in [0.4, 0.5) is 0 Å². The number of esters is 1. The quantitative estimate of drug-likeness (QED) is 0.684. The van der Waals surface area contributed by atoms with Gasteiger partial charge in [-0.25, -0.2) is 9.78 Å². The number of benzene rings is 2. The van der Waals surface area contributed by atoms with E-state index in [1.807, 2.05) is 54.6 Å². The molecule has 0 aliphatic carbocycles. The van der Waals surface area contributed by atoms with Crippen molar-refractivity contribution in [2.24, 2.45) is 0 Å². The first-order valence-electron chi connectivity index (χ1n) is 6.49. The number of para-hydroxylation sites is 2. The van der Waals surface area contributed by atoms with E-state index in [-0.39, 0.29) is 5.69 Å². The summed E-state index contributed by atoms with van der Waals surface area (Å²) in [6, 6.07) is 18.5. The van der Waals surface area contributed by atoms with Crippen LogP contribution < -0.4 is 4.74 Å². The van der Waals surface area contributed by atoms with Crippen molar-refractivity contribution in [2.75, 3.05) is 7.11 Å².